The zero-order chi connectivity index (χ0) is 16.4. The van der Waals surface area contributed by atoms with Crippen LogP contribution >= 0.6 is 22.6 Å². The minimum atomic E-state index is -5.24. The Balaban J connectivity index is 3.47. The third-order valence-electron chi connectivity index (χ3n) is 2.14. The van der Waals surface area contributed by atoms with Crippen LogP contribution < -0.4 is 4.74 Å². The quantitative estimate of drug-likeness (QED) is 0.421. The van der Waals surface area contributed by atoms with Crippen LogP contribution in [0, 0.1) is 3.57 Å². The van der Waals surface area contributed by atoms with Crippen LogP contribution in [0.2, 0.25) is 0 Å². The van der Waals surface area contributed by atoms with Gasteiger partial charge in [0.15, 0.2) is 0 Å². The van der Waals surface area contributed by atoms with Gasteiger partial charge in [-0.15, -0.1) is 13.2 Å². The van der Waals surface area contributed by atoms with Gasteiger partial charge in [-0.05, 0) is 22.6 Å². The number of methoxy groups -OCH3 is 1. The Morgan fingerprint density at radius 1 is 1.29 bits per heavy atom. The van der Waals surface area contributed by atoms with E-state index in [1.807, 2.05) is 0 Å². The molecule has 11 heteroatoms. The Morgan fingerprint density at radius 2 is 1.86 bits per heavy atom. The first-order valence-corrected chi connectivity index (χ1v) is 6.10. The number of nitrogens with zero attached hydrogens (tertiary/aromatic N) is 1. The Labute approximate surface area is 127 Å². The number of carbonyl (C=O) groups excluding carboxylic acids is 1. The highest BCUT2D eigenvalue weighted by atomic mass is 127. The lowest BCUT2D eigenvalue weighted by Crippen LogP contribution is -2.23. The van der Waals surface area contributed by atoms with Crippen LogP contribution in [0.5, 0.6) is 5.88 Å². The number of aromatic nitrogens is 1. The number of halogens is 7. The van der Waals surface area contributed by atoms with Crippen molar-refractivity contribution in [3.8, 4) is 5.88 Å². The van der Waals surface area contributed by atoms with Gasteiger partial charge in [0.2, 0.25) is 5.88 Å². The van der Waals surface area contributed by atoms with Gasteiger partial charge >= 0.3 is 18.5 Å². The smallest absolute Gasteiger partial charge is 0.469 e. The fourth-order valence-corrected chi connectivity index (χ4v) is 2.16. The third kappa shape index (κ3) is 4.89. The van der Waals surface area contributed by atoms with Crippen LogP contribution in [-0.4, -0.2) is 24.4 Å². The van der Waals surface area contributed by atoms with Gasteiger partial charge < -0.3 is 9.47 Å². The molecule has 118 valence electrons. The van der Waals surface area contributed by atoms with Crippen LogP contribution in [0.15, 0.2) is 6.20 Å². The van der Waals surface area contributed by atoms with E-state index < -0.39 is 45.5 Å². The highest BCUT2D eigenvalue weighted by Crippen LogP contribution is 2.39. The molecule has 1 rings (SSSR count). The number of hydrogen-bond acceptors (Lipinski definition) is 4. The van der Waals surface area contributed by atoms with Gasteiger partial charge in [0.1, 0.15) is 0 Å². The van der Waals surface area contributed by atoms with Crippen molar-refractivity contribution >= 4 is 28.6 Å². The molecule has 0 saturated heterocycles. The molecule has 1 aromatic heterocycles. The fraction of sp³-hybridized carbons (Fsp3) is 0.400. The first-order valence-electron chi connectivity index (χ1n) is 5.03. The maximum absolute atomic E-state index is 13.0. The second kappa shape index (κ2) is 6.23. The zero-order valence-electron chi connectivity index (χ0n) is 10.1. The standard InChI is InChI=1S/C10H6F6INO3/c1-20-6(19)2-4-7(9(11,12)13)5(17)3-18-8(4)21-10(14,15)16/h3H,2H2,1H3. The second-order valence-corrected chi connectivity index (χ2v) is 4.73. The van der Waals surface area contributed by atoms with Crippen molar-refractivity contribution in [2.75, 3.05) is 7.11 Å². The summed E-state index contributed by atoms with van der Waals surface area (Å²) >= 11 is 1.25. The minimum Gasteiger partial charge on any atom is -0.469 e. The normalized spacial score (nSPS) is 12.2. The largest absolute Gasteiger partial charge is 0.574 e. The van der Waals surface area contributed by atoms with Gasteiger partial charge in [-0.2, -0.15) is 13.2 Å². The Bertz CT molecular complexity index is 543. The van der Waals surface area contributed by atoms with Crippen LogP contribution in [0.1, 0.15) is 11.1 Å². The number of hydrogen-bond donors (Lipinski definition) is 0. The molecular formula is C10H6F6INO3. The van der Waals surface area contributed by atoms with Crippen molar-refractivity contribution in [1.29, 1.82) is 0 Å². The Morgan fingerprint density at radius 3 is 2.29 bits per heavy atom. The van der Waals surface area contributed by atoms with E-state index in [2.05, 4.69) is 14.5 Å². The molecule has 1 heterocycles. The molecule has 0 saturated carbocycles. The molecule has 0 fully saturated rings. The van der Waals surface area contributed by atoms with E-state index in [-0.39, 0.29) is 0 Å². The highest BCUT2D eigenvalue weighted by molar-refractivity contribution is 14.1. The Kier molecular flexibility index (Phi) is 5.28. The lowest BCUT2D eigenvalue weighted by atomic mass is 10.1. The monoisotopic (exact) mass is 429 g/mol. The molecule has 0 bridgehead atoms. The van der Waals surface area contributed by atoms with Crippen molar-refractivity contribution in [2.45, 2.75) is 19.0 Å². The van der Waals surface area contributed by atoms with E-state index in [1.165, 1.54) is 22.6 Å². The molecule has 4 nitrogen and oxygen atoms in total. The van der Waals surface area contributed by atoms with Crippen molar-refractivity contribution in [2.24, 2.45) is 0 Å². The van der Waals surface area contributed by atoms with E-state index in [1.54, 1.807) is 0 Å². The fourth-order valence-electron chi connectivity index (χ4n) is 1.39. The number of rotatable bonds is 3. The maximum Gasteiger partial charge on any atom is 0.574 e. The number of ether oxygens (including phenoxy) is 2. The first kappa shape index (κ1) is 17.8. The molecule has 0 aromatic carbocycles. The first-order chi connectivity index (χ1) is 9.45. The average molecular weight is 429 g/mol. The molecule has 0 atom stereocenters. The van der Waals surface area contributed by atoms with Crippen molar-refractivity contribution in [3.05, 3.63) is 20.9 Å². The van der Waals surface area contributed by atoms with Crippen molar-refractivity contribution < 1.29 is 40.6 Å². The third-order valence-corrected chi connectivity index (χ3v) is 2.96. The SMILES string of the molecule is COC(=O)Cc1c(OC(F)(F)F)ncc(I)c1C(F)(F)F. The molecule has 21 heavy (non-hydrogen) atoms. The summed E-state index contributed by atoms with van der Waals surface area (Å²) < 4.78 is 82.6. The van der Waals surface area contributed by atoms with E-state index in [4.69, 9.17) is 0 Å². The molecule has 0 spiro atoms. The lowest BCUT2D eigenvalue weighted by molar-refractivity contribution is -0.276. The molecule has 0 radical (unpaired) electrons. The van der Waals surface area contributed by atoms with E-state index in [9.17, 15) is 31.1 Å². The lowest BCUT2D eigenvalue weighted by Gasteiger charge is -2.18. The number of pyridine rings is 1. The van der Waals surface area contributed by atoms with Gasteiger partial charge in [-0.1, -0.05) is 0 Å². The minimum absolute atomic E-state index is 0.464. The zero-order valence-corrected chi connectivity index (χ0v) is 12.3. The molecule has 0 unspecified atom stereocenters. The summed E-state index contributed by atoms with van der Waals surface area (Å²) in [6.07, 6.45) is -10.7. The summed E-state index contributed by atoms with van der Waals surface area (Å²) in [4.78, 5) is 14.3. The predicted molar refractivity (Wildman–Crippen MR) is 64.4 cm³/mol. The molecule has 0 N–H and O–H groups in total. The van der Waals surface area contributed by atoms with Gasteiger partial charge in [-0.25, -0.2) is 4.98 Å². The second-order valence-electron chi connectivity index (χ2n) is 3.56. The maximum atomic E-state index is 13.0. The van der Waals surface area contributed by atoms with Gasteiger partial charge in [-0.3, -0.25) is 4.79 Å². The molecule has 0 aliphatic carbocycles. The number of alkyl halides is 6. The molecule has 0 aliphatic heterocycles. The van der Waals surface area contributed by atoms with Crippen LogP contribution in [0.3, 0.4) is 0 Å². The summed E-state index contributed by atoms with van der Waals surface area (Å²) in [6.45, 7) is 0. The molecule has 0 amide bonds. The summed E-state index contributed by atoms with van der Waals surface area (Å²) in [7, 11) is 0.890. The highest BCUT2D eigenvalue weighted by Gasteiger charge is 2.41. The van der Waals surface area contributed by atoms with E-state index in [0.717, 1.165) is 7.11 Å². The number of esters is 1. The van der Waals surface area contributed by atoms with Crippen LogP contribution in [0.4, 0.5) is 26.3 Å². The average Bonchev–Trinajstić information content (AvgIpc) is 2.29. The number of carbonyl (C=O) groups is 1. The summed E-state index contributed by atoms with van der Waals surface area (Å²) in [5.41, 5.74) is -2.44. The summed E-state index contributed by atoms with van der Waals surface area (Å²) in [5, 5.41) is 0. The van der Waals surface area contributed by atoms with Crippen molar-refractivity contribution in [1.82, 2.24) is 4.98 Å². The summed E-state index contributed by atoms with van der Waals surface area (Å²) in [5.74, 6) is -2.49. The predicted octanol–water partition coefficient (Wildman–Crippen LogP) is 3.32. The summed E-state index contributed by atoms with van der Waals surface area (Å²) in [6, 6.07) is 0. The van der Waals surface area contributed by atoms with E-state index >= 15 is 0 Å². The molecule has 0 aliphatic rings. The molecular weight excluding hydrogens is 423 g/mol. The van der Waals surface area contributed by atoms with Crippen LogP contribution in [0.25, 0.3) is 0 Å². The van der Waals surface area contributed by atoms with Gasteiger partial charge in [0.05, 0.1) is 19.1 Å². The van der Waals surface area contributed by atoms with Gasteiger partial charge in [0, 0.05) is 15.3 Å². The topological polar surface area (TPSA) is 48.4 Å². The Hall–Kier alpha value is -1.27. The molecule has 1 aromatic rings. The van der Waals surface area contributed by atoms with Gasteiger partial charge in [0.25, 0.3) is 0 Å². The van der Waals surface area contributed by atoms with Crippen molar-refractivity contribution in [3.63, 3.8) is 0 Å². The van der Waals surface area contributed by atoms with E-state index in [0.29, 0.717) is 6.20 Å². The van der Waals surface area contributed by atoms with Crippen LogP contribution in [-0.2, 0) is 22.1 Å².